The molecular formula is C19H22O5S. The molecule has 2 aliphatic rings. The van der Waals surface area contributed by atoms with E-state index in [2.05, 4.69) is 0 Å². The van der Waals surface area contributed by atoms with Crippen molar-refractivity contribution in [2.75, 3.05) is 12.9 Å². The lowest BCUT2D eigenvalue weighted by atomic mass is 9.91. The van der Waals surface area contributed by atoms with Gasteiger partial charge in [0.1, 0.15) is 16.9 Å². The zero-order valence-electron chi connectivity index (χ0n) is 14.7. The van der Waals surface area contributed by atoms with Crippen molar-refractivity contribution in [3.63, 3.8) is 0 Å². The molecule has 2 atom stereocenters. The van der Waals surface area contributed by atoms with E-state index in [9.17, 15) is 9.59 Å². The molecule has 6 heteroatoms. The van der Waals surface area contributed by atoms with Crippen molar-refractivity contribution in [3.8, 4) is 0 Å². The van der Waals surface area contributed by atoms with E-state index < -0.39 is 23.1 Å². The molecule has 1 fully saturated rings. The molecule has 134 valence electrons. The van der Waals surface area contributed by atoms with Crippen LogP contribution in [0, 0.1) is 0 Å². The second-order valence-corrected chi connectivity index (χ2v) is 7.76. The maximum atomic E-state index is 12.5. The van der Waals surface area contributed by atoms with Crippen LogP contribution in [0.3, 0.4) is 0 Å². The van der Waals surface area contributed by atoms with Gasteiger partial charge in [0.25, 0.3) is 0 Å². The van der Waals surface area contributed by atoms with E-state index in [0.717, 1.165) is 11.3 Å². The Morgan fingerprint density at radius 1 is 1.24 bits per heavy atom. The number of esters is 2. The van der Waals surface area contributed by atoms with Gasteiger partial charge >= 0.3 is 11.9 Å². The van der Waals surface area contributed by atoms with Gasteiger partial charge in [-0.3, -0.25) is 4.79 Å². The highest BCUT2D eigenvalue weighted by atomic mass is 32.2. The Balaban J connectivity index is 1.97. The van der Waals surface area contributed by atoms with Crippen molar-refractivity contribution < 1.29 is 23.8 Å². The van der Waals surface area contributed by atoms with E-state index in [-0.39, 0.29) is 0 Å². The van der Waals surface area contributed by atoms with Crippen molar-refractivity contribution in [2.24, 2.45) is 0 Å². The fourth-order valence-electron chi connectivity index (χ4n) is 3.58. The predicted octanol–water partition coefficient (Wildman–Crippen LogP) is 3.48. The van der Waals surface area contributed by atoms with Gasteiger partial charge in [-0.1, -0.05) is 18.2 Å². The third-order valence-electron chi connectivity index (χ3n) is 4.64. The molecule has 1 saturated heterocycles. The number of fused-ring (bicyclic) bond motifs is 2. The van der Waals surface area contributed by atoms with Crippen LogP contribution < -0.4 is 0 Å². The molecule has 2 heterocycles. The monoisotopic (exact) mass is 362 g/mol. The van der Waals surface area contributed by atoms with E-state index in [1.165, 1.54) is 14.0 Å². The molecule has 2 bridgehead atoms. The van der Waals surface area contributed by atoms with Crippen LogP contribution in [0.15, 0.2) is 46.6 Å². The summed E-state index contributed by atoms with van der Waals surface area (Å²) in [6.45, 7) is 3.34. The highest BCUT2D eigenvalue weighted by Crippen LogP contribution is 2.53. The van der Waals surface area contributed by atoms with Crippen molar-refractivity contribution in [1.29, 1.82) is 0 Å². The van der Waals surface area contributed by atoms with Gasteiger partial charge in [0, 0.05) is 24.0 Å². The Labute approximate surface area is 151 Å². The standard InChI is InChI=1S/C19H22O5S/c1-13(20)23-15-11-18(2)9-10-19(24-18,16(15)17(21)22-3)12-25-14-7-5-4-6-8-14/h4-8H,9-12H2,1-3H3/t18-,19-/m1/s1. The second-order valence-electron chi connectivity index (χ2n) is 6.71. The minimum absolute atomic E-state index is 0.351. The minimum atomic E-state index is -0.800. The lowest BCUT2D eigenvalue weighted by Crippen LogP contribution is -2.46. The van der Waals surface area contributed by atoms with Gasteiger partial charge in [-0.2, -0.15) is 0 Å². The Morgan fingerprint density at radius 3 is 2.60 bits per heavy atom. The first kappa shape index (κ1) is 18.0. The third kappa shape index (κ3) is 3.60. The molecule has 5 nitrogen and oxygen atoms in total. The van der Waals surface area contributed by atoms with E-state index in [4.69, 9.17) is 14.2 Å². The van der Waals surface area contributed by atoms with Crippen LogP contribution >= 0.6 is 11.8 Å². The van der Waals surface area contributed by atoms with Crippen LogP contribution in [0.1, 0.15) is 33.1 Å². The molecule has 25 heavy (non-hydrogen) atoms. The fraction of sp³-hybridized carbons (Fsp3) is 0.474. The van der Waals surface area contributed by atoms with Crippen LogP contribution in [0.2, 0.25) is 0 Å². The maximum absolute atomic E-state index is 12.5. The maximum Gasteiger partial charge on any atom is 0.340 e. The molecule has 0 spiro atoms. The Bertz CT molecular complexity index is 714. The summed E-state index contributed by atoms with van der Waals surface area (Å²) in [5, 5.41) is 0. The van der Waals surface area contributed by atoms with E-state index in [1.54, 1.807) is 11.8 Å². The van der Waals surface area contributed by atoms with Crippen molar-refractivity contribution in [1.82, 2.24) is 0 Å². The number of benzene rings is 1. The first-order valence-corrected chi connectivity index (χ1v) is 9.24. The van der Waals surface area contributed by atoms with Gasteiger partial charge in [0.15, 0.2) is 0 Å². The van der Waals surface area contributed by atoms with Crippen LogP contribution in [0.25, 0.3) is 0 Å². The SMILES string of the molecule is COC(=O)C1=C(OC(C)=O)C[C@@]2(C)CC[C@]1(CSc1ccccc1)O2. The van der Waals surface area contributed by atoms with Gasteiger partial charge < -0.3 is 14.2 Å². The molecule has 0 amide bonds. The smallest absolute Gasteiger partial charge is 0.340 e. The van der Waals surface area contributed by atoms with Crippen molar-refractivity contribution in [2.45, 2.75) is 49.2 Å². The van der Waals surface area contributed by atoms with Crippen LogP contribution in [-0.2, 0) is 23.8 Å². The van der Waals surface area contributed by atoms with Crippen LogP contribution in [0.5, 0.6) is 0 Å². The normalized spacial score (nSPS) is 28.0. The van der Waals surface area contributed by atoms with Crippen LogP contribution in [-0.4, -0.2) is 36.0 Å². The quantitative estimate of drug-likeness (QED) is 0.590. The first-order chi connectivity index (χ1) is 11.9. The molecule has 0 unspecified atom stereocenters. The zero-order valence-corrected chi connectivity index (χ0v) is 15.5. The van der Waals surface area contributed by atoms with E-state index in [0.29, 0.717) is 29.9 Å². The van der Waals surface area contributed by atoms with Gasteiger partial charge in [-0.15, -0.1) is 11.8 Å². The topological polar surface area (TPSA) is 61.8 Å². The van der Waals surface area contributed by atoms with Gasteiger partial charge in [0.2, 0.25) is 0 Å². The summed E-state index contributed by atoms with van der Waals surface area (Å²) in [7, 11) is 1.33. The molecule has 1 aromatic rings. The van der Waals surface area contributed by atoms with E-state index in [1.807, 2.05) is 37.3 Å². The largest absolute Gasteiger partial charge is 0.465 e. The summed E-state index contributed by atoms with van der Waals surface area (Å²) >= 11 is 1.62. The highest BCUT2D eigenvalue weighted by molar-refractivity contribution is 7.99. The number of carbonyl (C=O) groups excluding carboxylic acids is 2. The third-order valence-corrected chi connectivity index (χ3v) is 5.86. The first-order valence-electron chi connectivity index (χ1n) is 8.26. The molecule has 0 aliphatic carbocycles. The number of hydrogen-bond acceptors (Lipinski definition) is 6. The van der Waals surface area contributed by atoms with Gasteiger partial charge in [-0.05, 0) is 31.9 Å². The Hall–Kier alpha value is -1.79. The average Bonchev–Trinajstić information content (AvgIpc) is 2.85. The molecular weight excluding hydrogens is 340 g/mol. The van der Waals surface area contributed by atoms with Crippen molar-refractivity contribution in [3.05, 3.63) is 41.7 Å². The summed E-state index contributed by atoms with van der Waals surface area (Å²) in [5.41, 5.74) is -0.881. The summed E-state index contributed by atoms with van der Waals surface area (Å²) < 4.78 is 16.8. The number of hydrogen-bond donors (Lipinski definition) is 0. The predicted molar refractivity (Wildman–Crippen MR) is 94.0 cm³/mol. The molecule has 0 radical (unpaired) electrons. The fourth-order valence-corrected chi connectivity index (χ4v) is 4.67. The molecule has 0 N–H and O–H groups in total. The number of carbonyl (C=O) groups is 2. The molecule has 0 saturated carbocycles. The molecule has 0 aromatic heterocycles. The molecule has 3 rings (SSSR count). The van der Waals surface area contributed by atoms with Gasteiger partial charge in [0.05, 0.1) is 12.7 Å². The second kappa shape index (κ2) is 6.84. The number of methoxy groups -OCH3 is 1. The minimum Gasteiger partial charge on any atom is -0.465 e. The zero-order chi connectivity index (χ0) is 18.1. The number of thioether (sulfide) groups is 1. The summed E-state index contributed by atoms with van der Waals surface area (Å²) in [5.74, 6) is 0.0159. The van der Waals surface area contributed by atoms with Gasteiger partial charge in [-0.25, -0.2) is 4.79 Å². The van der Waals surface area contributed by atoms with Crippen molar-refractivity contribution >= 4 is 23.7 Å². The van der Waals surface area contributed by atoms with E-state index >= 15 is 0 Å². The molecule has 2 aliphatic heterocycles. The highest BCUT2D eigenvalue weighted by Gasteiger charge is 2.57. The lowest BCUT2D eigenvalue weighted by molar-refractivity contribution is -0.147. The molecule has 1 aromatic carbocycles. The lowest BCUT2D eigenvalue weighted by Gasteiger charge is -2.39. The Kier molecular flexibility index (Phi) is 4.93. The van der Waals surface area contributed by atoms with Crippen LogP contribution in [0.4, 0.5) is 0 Å². The summed E-state index contributed by atoms with van der Waals surface area (Å²) in [6, 6.07) is 9.95. The number of rotatable bonds is 5. The Morgan fingerprint density at radius 2 is 1.96 bits per heavy atom. The summed E-state index contributed by atoms with van der Waals surface area (Å²) in [6.07, 6.45) is 1.89. The summed E-state index contributed by atoms with van der Waals surface area (Å²) in [4.78, 5) is 25.1. The number of ether oxygens (including phenoxy) is 3. The average molecular weight is 362 g/mol.